The number of hydrogen-bond acceptors (Lipinski definition) is 4. The summed E-state index contributed by atoms with van der Waals surface area (Å²) in [5.74, 6) is -0.468. The van der Waals surface area contributed by atoms with E-state index in [4.69, 9.17) is 22.1 Å². The van der Waals surface area contributed by atoms with Crippen molar-refractivity contribution < 1.29 is 22.3 Å². The molecule has 1 unspecified atom stereocenters. The highest BCUT2D eigenvalue weighted by molar-refractivity contribution is 7.89. The number of carbonyl (C=O) groups is 1. The normalized spacial score (nSPS) is 20.3. The zero-order chi connectivity index (χ0) is 21.1. The lowest BCUT2D eigenvalue weighted by atomic mass is 9.78. The SMILES string of the molecule is NC(=O)CC1(COc2ccc(Cl)cc2)CCCN(S(=O)(=O)c2ccc(F)cc2)C1. The Kier molecular flexibility index (Phi) is 6.45. The minimum absolute atomic E-state index is 0.00394. The minimum atomic E-state index is -3.83. The maximum Gasteiger partial charge on any atom is 0.243 e. The van der Waals surface area contributed by atoms with Crippen molar-refractivity contribution >= 4 is 27.5 Å². The molecule has 9 heteroatoms. The van der Waals surface area contributed by atoms with Crippen LogP contribution in [-0.4, -0.2) is 38.3 Å². The smallest absolute Gasteiger partial charge is 0.243 e. The lowest BCUT2D eigenvalue weighted by Crippen LogP contribution is -2.50. The molecule has 156 valence electrons. The van der Waals surface area contributed by atoms with Crippen LogP contribution >= 0.6 is 11.6 Å². The van der Waals surface area contributed by atoms with Crippen molar-refractivity contribution in [3.63, 3.8) is 0 Å². The van der Waals surface area contributed by atoms with Gasteiger partial charge in [-0.1, -0.05) is 11.6 Å². The van der Waals surface area contributed by atoms with E-state index in [0.29, 0.717) is 30.2 Å². The second-order valence-corrected chi connectivity index (χ2v) is 9.66. The number of hydrogen-bond donors (Lipinski definition) is 1. The number of nitrogens with two attached hydrogens (primary N) is 1. The topological polar surface area (TPSA) is 89.7 Å². The first-order chi connectivity index (χ1) is 13.7. The zero-order valence-corrected chi connectivity index (χ0v) is 17.3. The molecule has 2 N–H and O–H groups in total. The second kappa shape index (κ2) is 8.69. The van der Waals surface area contributed by atoms with Gasteiger partial charge in [-0.2, -0.15) is 4.31 Å². The lowest BCUT2D eigenvalue weighted by molar-refractivity contribution is -0.121. The Morgan fingerprint density at radius 2 is 1.83 bits per heavy atom. The monoisotopic (exact) mass is 440 g/mol. The molecule has 3 rings (SSSR count). The number of nitrogens with zero attached hydrogens (tertiary/aromatic N) is 1. The number of rotatable bonds is 7. The Bertz CT molecular complexity index is 967. The fourth-order valence-electron chi connectivity index (χ4n) is 3.57. The van der Waals surface area contributed by atoms with Gasteiger partial charge in [0.2, 0.25) is 15.9 Å². The van der Waals surface area contributed by atoms with E-state index in [9.17, 15) is 17.6 Å². The van der Waals surface area contributed by atoms with E-state index in [2.05, 4.69) is 0 Å². The lowest BCUT2D eigenvalue weighted by Gasteiger charge is -2.41. The van der Waals surface area contributed by atoms with Crippen LogP contribution in [-0.2, 0) is 14.8 Å². The molecular formula is C20H22ClFN2O4S. The fourth-order valence-corrected chi connectivity index (χ4v) is 5.29. The summed E-state index contributed by atoms with van der Waals surface area (Å²) in [6.45, 7) is 0.525. The largest absolute Gasteiger partial charge is 0.493 e. The molecule has 1 fully saturated rings. The van der Waals surface area contributed by atoms with Crippen LogP contribution in [0.4, 0.5) is 4.39 Å². The predicted octanol–water partition coefficient (Wildman–Crippen LogP) is 3.20. The molecule has 0 radical (unpaired) electrons. The molecular weight excluding hydrogens is 419 g/mol. The van der Waals surface area contributed by atoms with E-state index < -0.39 is 27.2 Å². The van der Waals surface area contributed by atoms with Gasteiger partial charge in [0.25, 0.3) is 0 Å². The van der Waals surface area contributed by atoms with Crippen molar-refractivity contribution in [3.05, 3.63) is 59.4 Å². The highest BCUT2D eigenvalue weighted by Gasteiger charge is 2.42. The summed E-state index contributed by atoms with van der Waals surface area (Å²) in [5, 5.41) is 0.568. The molecule has 1 saturated heterocycles. The molecule has 1 amide bonds. The molecule has 1 heterocycles. The Hall–Kier alpha value is -2.16. The van der Waals surface area contributed by atoms with Crippen molar-refractivity contribution in [2.24, 2.45) is 11.1 Å². The van der Waals surface area contributed by atoms with E-state index in [0.717, 1.165) is 12.1 Å². The third-order valence-corrected chi connectivity index (χ3v) is 7.10. The quantitative estimate of drug-likeness (QED) is 0.715. The van der Waals surface area contributed by atoms with Crippen molar-refractivity contribution in [2.75, 3.05) is 19.7 Å². The van der Waals surface area contributed by atoms with Gasteiger partial charge >= 0.3 is 0 Å². The van der Waals surface area contributed by atoms with Crippen LogP contribution < -0.4 is 10.5 Å². The number of carbonyl (C=O) groups excluding carboxylic acids is 1. The van der Waals surface area contributed by atoms with Crippen molar-refractivity contribution in [2.45, 2.75) is 24.2 Å². The molecule has 0 saturated carbocycles. The number of sulfonamides is 1. The first-order valence-electron chi connectivity index (χ1n) is 9.13. The number of ether oxygens (including phenoxy) is 1. The van der Waals surface area contributed by atoms with Crippen LogP contribution in [0.3, 0.4) is 0 Å². The first kappa shape index (κ1) is 21.5. The number of benzene rings is 2. The van der Waals surface area contributed by atoms with Gasteiger partial charge in [-0.25, -0.2) is 12.8 Å². The predicted molar refractivity (Wildman–Crippen MR) is 108 cm³/mol. The Labute approximate surface area is 174 Å². The maximum atomic E-state index is 13.2. The van der Waals surface area contributed by atoms with Crippen LogP contribution in [0.5, 0.6) is 5.75 Å². The third kappa shape index (κ3) is 5.26. The van der Waals surface area contributed by atoms with E-state index in [1.54, 1.807) is 24.3 Å². The molecule has 0 aromatic heterocycles. The van der Waals surface area contributed by atoms with Crippen LogP contribution in [0.2, 0.25) is 5.02 Å². The Morgan fingerprint density at radius 1 is 1.17 bits per heavy atom. The summed E-state index contributed by atoms with van der Waals surface area (Å²) in [6, 6.07) is 11.5. The summed E-state index contributed by atoms with van der Waals surface area (Å²) in [5.41, 5.74) is 4.70. The van der Waals surface area contributed by atoms with E-state index in [-0.39, 0.29) is 24.5 Å². The number of piperidine rings is 1. The molecule has 0 aliphatic carbocycles. The zero-order valence-electron chi connectivity index (χ0n) is 15.7. The summed E-state index contributed by atoms with van der Waals surface area (Å²) in [4.78, 5) is 11.7. The van der Waals surface area contributed by atoms with Gasteiger partial charge < -0.3 is 10.5 Å². The van der Waals surface area contributed by atoms with Crippen LogP contribution in [0.25, 0.3) is 0 Å². The third-order valence-electron chi connectivity index (χ3n) is 4.99. The van der Waals surface area contributed by atoms with Gasteiger partial charge in [-0.05, 0) is 61.4 Å². The molecule has 1 atom stereocenters. The molecule has 1 aliphatic rings. The van der Waals surface area contributed by atoms with E-state index in [1.165, 1.54) is 16.4 Å². The van der Waals surface area contributed by atoms with Crippen molar-refractivity contribution in [1.82, 2.24) is 4.31 Å². The maximum absolute atomic E-state index is 13.2. The van der Waals surface area contributed by atoms with Gasteiger partial charge in [0.15, 0.2) is 0 Å². The fraction of sp³-hybridized carbons (Fsp3) is 0.350. The van der Waals surface area contributed by atoms with Gasteiger partial charge in [0.1, 0.15) is 11.6 Å². The molecule has 1 aliphatic heterocycles. The van der Waals surface area contributed by atoms with Gasteiger partial charge in [0.05, 0.1) is 11.5 Å². The molecule has 6 nitrogen and oxygen atoms in total. The average molecular weight is 441 g/mol. The standard InChI is InChI=1S/C20H22ClFN2O4S/c21-15-2-6-17(7-3-15)28-14-20(12-19(23)25)10-1-11-24(13-20)29(26,27)18-8-4-16(22)5-9-18/h2-9H,1,10-14H2,(H2,23,25). The molecule has 0 spiro atoms. The van der Waals surface area contributed by atoms with Crippen LogP contribution in [0.1, 0.15) is 19.3 Å². The van der Waals surface area contributed by atoms with E-state index in [1.807, 2.05) is 0 Å². The summed E-state index contributed by atoms with van der Waals surface area (Å²) in [6.07, 6.45) is 1.15. The number of halogens is 2. The molecule has 2 aromatic carbocycles. The summed E-state index contributed by atoms with van der Waals surface area (Å²) in [7, 11) is -3.83. The average Bonchev–Trinajstić information content (AvgIpc) is 2.67. The van der Waals surface area contributed by atoms with Gasteiger partial charge in [0, 0.05) is 29.9 Å². The Morgan fingerprint density at radius 3 is 2.45 bits per heavy atom. The second-order valence-electron chi connectivity index (χ2n) is 7.28. The van der Waals surface area contributed by atoms with Crippen LogP contribution in [0, 0.1) is 11.2 Å². The van der Waals surface area contributed by atoms with Crippen molar-refractivity contribution in [1.29, 1.82) is 0 Å². The molecule has 2 aromatic rings. The van der Waals surface area contributed by atoms with E-state index >= 15 is 0 Å². The van der Waals surface area contributed by atoms with Gasteiger partial charge in [-0.3, -0.25) is 4.79 Å². The highest BCUT2D eigenvalue weighted by atomic mass is 35.5. The van der Waals surface area contributed by atoms with Gasteiger partial charge in [-0.15, -0.1) is 0 Å². The minimum Gasteiger partial charge on any atom is -0.493 e. The summed E-state index contributed by atoms with van der Waals surface area (Å²) < 4.78 is 46.4. The number of amides is 1. The molecule has 29 heavy (non-hydrogen) atoms. The van der Waals surface area contributed by atoms with Crippen LogP contribution in [0.15, 0.2) is 53.4 Å². The highest BCUT2D eigenvalue weighted by Crippen LogP contribution is 2.36. The van der Waals surface area contributed by atoms with Crippen molar-refractivity contribution in [3.8, 4) is 5.75 Å². The summed E-state index contributed by atoms with van der Waals surface area (Å²) >= 11 is 5.88. The Balaban J connectivity index is 1.82. The molecule has 0 bridgehead atoms. The first-order valence-corrected chi connectivity index (χ1v) is 10.9. The number of primary amides is 1.